The molecule has 1 unspecified atom stereocenters. The standard InChI is InChI=1S/C15H15F2NO/c1-9-13(17)4-3-5-14(9)18-10(2)12-8-11(16)6-7-15(12)19/h3-8,10,18-19H,1-2H3. The van der Waals surface area contributed by atoms with Gasteiger partial charge in [-0.3, -0.25) is 0 Å². The van der Waals surface area contributed by atoms with E-state index in [4.69, 9.17) is 0 Å². The van der Waals surface area contributed by atoms with Crippen LogP contribution in [0.5, 0.6) is 5.75 Å². The van der Waals surface area contributed by atoms with E-state index >= 15 is 0 Å². The lowest BCUT2D eigenvalue weighted by molar-refractivity contribution is 0.462. The summed E-state index contributed by atoms with van der Waals surface area (Å²) in [5, 5.41) is 12.8. The lowest BCUT2D eigenvalue weighted by Crippen LogP contribution is -2.08. The number of hydrogen-bond acceptors (Lipinski definition) is 2. The molecule has 2 aromatic rings. The molecule has 0 fully saturated rings. The first-order valence-electron chi connectivity index (χ1n) is 5.99. The molecule has 4 heteroatoms. The molecule has 0 saturated heterocycles. The Morgan fingerprint density at radius 1 is 1.16 bits per heavy atom. The first-order chi connectivity index (χ1) is 8.99. The van der Waals surface area contributed by atoms with Crippen LogP contribution in [-0.2, 0) is 0 Å². The van der Waals surface area contributed by atoms with Gasteiger partial charge in [0, 0.05) is 16.8 Å². The number of phenols is 1. The number of aromatic hydroxyl groups is 1. The van der Waals surface area contributed by atoms with Gasteiger partial charge < -0.3 is 10.4 Å². The third-order valence-corrected chi connectivity index (χ3v) is 3.10. The van der Waals surface area contributed by atoms with Crippen molar-refractivity contribution in [1.82, 2.24) is 0 Å². The molecule has 100 valence electrons. The Kier molecular flexibility index (Phi) is 3.69. The molecule has 0 radical (unpaired) electrons. The highest BCUT2D eigenvalue weighted by Gasteiger charge is 2.13. The molecule has 0 amide bonds. The molecule has 1 atom stereocenters. The van der Waals surface area contributed by atoms with Crippen molar-refractivity contribution in [3.05, 3.63) is 59.2 Å². The van der Waals surface area contributed by atoms with E-state index in [0.717, 1.165) is 0 Å². The summed E-state index contributed by atoms with van der Waals surface area (Å²) in [6.07, 6.45) is 0. The van der Waals surface area contributed by atoms with E-state index in [0.29, 0.717) is 16.8 Å². The number of halogens is 2. The fourth-order valence-corrected chi connectivity index (χ4v) is 1.95. The highest BCUT2D eigenvalue weighted by atomic mass is 19.1. The van der Waals surface area contributed by atoms with Crippen LogP contribution in [0, 0.1) is 18.6 Å². The Hall–Kier alpha value is -2.10. The average molecular weight is 263 g/mol. The predicted octanol–water partition coefficient (Wildman–Crippen LogP) is 4.15. The van der Waals surface area contributed by atoms with Gasteiger partial charge in [-0.1, -0.05) is 6.07 Å². The second-order valence-electron chi connectivity index (χ2n) is 4.48. The van der Waals surface area contributed by atoms with E-state index in [9.17, 15) is 13.9 Å². The summed E-state index contributed by atoms with van der Waals surface area (Å²) in [4.78, 5) is 0. The predicted molar refractivity (Wildman–Crippen MR) is 71.2 cm³/mol. The van der Waals surface area contributed by atoms with Gasteiger partial charge in [-0.05, 0) is 44.2 Å². The lowest BCUT2D eigenvalue weighted by Gasteiger charge is -2.18. The summed E-state index contributed by atoms with van der Waals surface area (Å²) >= 11 is 0. The van der Waals surface area contributed by atoms with Crippen molar-refractivity contribution in [2.24, 2.45) is 0 Å². The lowest BCUT2D eigenvalue weighted by atomic mass is 10.1. The summed E-state index contributed by atoms with van der Waals surface area (Å²) in [5.74, 6) is -0.714. The van der Waals surface area contributed by atoms with Gasteiger partial charge in [0.15, 0.2) is 0 Å². The molecule has 2 nitrogen and oxygen atoms in total. The molecular formula is C15H15F2NO. The van der Waals surface area contributed by atoms with Gasteiger partial charge in [0.2, 0.25) is 0 Å². The molecule has 0 aliphatic rings. The monoisotopic (exact) mass is 263 g/mol. The number of nitrogens with one attached hydrogen (secondary N) is 1. The molecule has 0 aliphatic carbocycles. The molecule has 0 bridgehead atoms. The van der Waals surface area contributed by atoms with Crippen LogP contribution in [0.25, 0.3) is 0 Å². The normalized spacial score (nSPS) is 12.2. The first-order valence-corrected chi connectivity index (χ1v) is 5.99. The van der Waals surface area contributed by atoms with Crippen LogP contribution in [0.3, 0.4) is 0 Å². The molecule has 2 rings (SSSR count). The number of rotatable bonds is 3. The number of benzene rings is 2. The van der Waals surface area contributed by atoms with Gasteiger partial charge in [-0.25, -0.2) is 8.78 Å². The topological polar surface area (TPSA) is 32.3 Å². The number of hydrogen-bond donors (Lipinski definition) is 2. The van der Waals surface area contributed by atoms with Crippen molar-refractivity contribution in [2.45, 2.75) is 19.9 Å². The fraction of sp³-hybridized carbons (Fsp3) is 0.200. The Morgan fingerprint density at radius 2 is 1.89 bits per heavy atom. The molecule has 0 spiro atoms. The van der Waals surface area contributed by atoms with Crippen molar-refractivity contribution in [2.75, 3.05) is 5.32 Å². The van der Waals surface area contributed by atoms with Gasteiger partial charge in [-0.2, -0.15) is 0 Å². The first kappa shape index (κ1) is 13.3. The molecule has 19 heavy (non-hydrogen) atoms. The van der Waals surface area contributed by atoms with Gasteiger partial charge in [0.1, 0.15) is 17.4 Å². The van der Waals surface area contributed by atoms with Gasteiger partial charge in [-0.15, -0.1) is 0 Å². The molecular weight excluding hydrogens is 248 g/mol. The van der Waals surface area contributed by atoms with Crippen molar-refractivity contribution < 1.29 is 13.9 Å². The highest BCUT2D eigenvalue weighted by molar-refractivity contribution is 5.53. The minimum atomic E-state index is -0.419. The van der Waals surface area contributed by atoms with E-state index in [1.807, 2.05) is 0 Å². The summed E-state index contributed by atoms with van der Waals surface area (Å²) in [6, 6.07) is 8.15. The number of anilines is 1. The van der Waals surface area contributed by atoms with Crippen LogP contribution in [0.2, 0.25) is 0 Å². The van der Waals surface area contributed by atoms with Gasteiger partial charge >= 0.3 is 0 Å². The zero-order chi connectivity index (χ0) is 14.0. The Bertz CT molecular complexity index is 599. The Labute approximate surface area is 110 Å². The van der Waals surface area contributed by atoms with Crippen LogP contribution >= 0.6 is 0 Å². The zero-order valence-electron chi connectivity index (χ0n) is 10.7. The summed E-state index contributed by atoms with van der Waals surface area (Å²) in [6.45, 7) is 3.44. The van der Waals surface area contributed by atoms with Gasteiger partial charge in [0.05, 0.1) is 6.04 Å². The van der Waals surface area contributed by atoms with Crippen LogP contribution in [0.4, 0.5) is 14.5 Å². The van der Waals surface area contributed by atoms with Crippen LogP contribution in [0.1, 0.15) is 24.1 Å². The quantitative estimate of drug-likeness (QED) is 0.871. The SMILES string of the molecule is Cc1c(F)cccc1NC(C)c1cc(F)ccc1O. The third-order valence-electron chi connectivity index (χ3n) is 3.10. The fourth-order valence-electron chi connectivity index (χ4n) is 1.95. The molecule has 2 aromatic carbocycles. The Morgan fingerprint density at radius 3 is 2.63 bits per heavy atom. The second-order valence-corrected chi connectivity index (χ2v) is 4.48. The minimum Gasteiger partial charge on any atom is -0.508 e. The summed E-state index contributed by atoms with van der Waals surface area (Å²) < 4.78 is 26.6. The summed E-state index contributed by atoms with van der Waals surface area (Å²) in [7, 11) is 0. The minimum absolute atomic E-state index is 0.00968. The molecule has 0 heterocycles. The molecule has 0 aliphatic heterocycles. The van der Waals surface area contributed by atoms with Crippen LogP contribution < -0.4 is 5.32 Å². The number of phenolic OH excluding ortho intramolecular Hbond substituents is 1. The molecule has 0 aromatic heterocycles. The van der Waals surface area contributed by atoms with Gasteiger partial charge in [0.25, 0.3) is 0 Å². The Balaban J connectivity index is 2.28. The summed E-state index contributed by atoms with van der Waals surface area (Å²) in [5.41, 5.74) is 1.55. The maximum Gasteiger partial charge on any atom is 0.128 e. The van der Waals surface area contributed by atoms with Crippen molar-refractivity contribution in [3.8, 4) is 5.75 Å². The van der Waals surface area contributed by atoms with E-state index in [1.54, 1.807) is 26.0 Å². The van der Waals surface area contributed by atoms with Crippen LogP contribution in [-0.4, -0.2) is 5.11 Å². The van der Waals surface area contributed by atoms with E-state index < -0.39 is 5.82 Å². The molecule has 2 N–H and O–H groups in total. The van der Waals surface area contributed by atoms with E-state index in [1.165, 1.54) is 24.3 Å². The van der Waals surface area contributed by atoms with Crippen molar-refractivity contribution in [3.63, 3.8) is 0 Å². The zero-order valence-corrected chi connectivity index (χ0v) is 10.7. The van der Waals surface area contributed by atoms with Crippen molar-refractivity contribution >= 4 is 5.69 Å². The second kappa shape index (κ2) is 5.26. The maximum absolute atomic E-state index is 13.4. The smallest absolute Gasteiger partial charge is 0.128 e. The van der Waals surface area contributed by atoms with E-state index in [-0.39, 0.29) is 17.6 Å². The van der Waals surface area contributed by atoms with E-state index in [2.05, 4.69) is 5.32 Å². The third kappa shape index (κ3) is 2.84. The highest BCUT2D eigenvalue weighted by Crippen LogP contribution is 2.29. The van der Waals surface area contributed by atoms with Crippen molar-refractivity contribution in [1.29, 1.82) is 0 Å². The maximum atomic E-state index is 13.4. The largest absolute Gasteiger partial charge is 0.508 e. The average Bonchev–Trinajstić information content (AvgIpc) is 2.38. The molecule has 0 saturated carbocycles. The van der Waals surface area contributed by atoms with Crippen LogP contribution in [0.15, 0.2) is 36.4 Å².